The molecule has 1 aromatic heterocycles. The monoisotopic (exact) mass is 276 g/mol. The Kier molecular flexibility index (Phi) is 5.21. The minimum absolute atomic E-state index is 0.0693. The molecule has 1 aliphatic carbocycles. The van der Waals surface area contributed by atoms with Crippen LogP contribution in [0.15, 0.2) is 18.3 Å². The molecule has 2 amide bonds. The second-order valence-corrected chi connectivity index (χ2v) is 5.58. The topological polar surface area (TPSA) is 57.3 Å². The highest BCUT2D eigenvalue weighted by Crippen LogP contribution is 2.17. The van der Waals surface area contributed by atoms with Crippen LogP contribution < -0.4 is 15.5 Å². The van der Waals surface area contributed by atoms with Crippen LogP contribution in [0.25, 0.3) is 0 Å². The Bertz CT molecular complexity index is 441. The van der Waals surface area contributed by atoms with Gasteiger partial charge in [0.25, 0.3) is 0 Å². The molecule has 1 aromatic rings. The zero-order valence-electron chi connectivity index (χ0n) is 12.4. The van der Waals surface area contributed by atoms with E-state index in [4.69, 9.17) is 0 Å². The molecule has 0 saturated heterocycles. The number of nitrogens with zero attached hydrogens (tertiary/aromatic N) is 2. The lowest BCUT2D eigenvalue weighted by molar-refractivity contribution is 0.232. The maximum atomic E-state index is 11.9. The van der Waals surface area contributed by atoms with Crippen molar-refractivity contribution in [2.45, 2.75) is 44.7 Å². The molecular weight excluding hydrogens is 252 g/mol. The molecule has 5 heteroatoms. The van der Waals surface area contributed by atoms with Gasteiger partial charge in [-0.25, -0.2) is 9.78 Å². The molecule has 1 heterocycles. The maximum Gasteiger partial charge on any atom is 0.315 e. The third-order valence-electron chi connectivity index (χ3n) is 3.66. The van der Waals surface area contributed by atoms with Gasteiger partial charge in [-0.3, -0.25) is 0 Å². The van der Waals surface area contributed by atoms with Crippen LogP contribution in [0.4, 0.5) is 10.6 Å². The van der Waals surface area contributed by atoms with E-state index < -0.39 is 0 Å². The van der Waals surface area contributed by atoms with E-state index in [1.165, 1.54) is 19.3 Å². The van der Waals surface area contributed by atoms with E-state index in [1.807, 2.05) is 31.1 Å². The Morgan fingerprint density at radius 2 is 2.10 bits per heavy atom. The van der Waals surface area contributed by atoms with Crippen molar-refractivity contribution < 1.29 is 4.79 Å². The number of hydrogen-bond acceptors (Lipinski definition) is 3. The van der Waals surface area contributed by atoms with Crippen molar-refractivity contribution in [1.29, 1.82) is 0 Å². The SMILES string of the molecule is CN(C)c1cc(CNC(=O)NC2CCCCC2)ccn1. The number of carbonyl (C=O) groups is 1. The van der Waals surface area contributed by atoms with Gasteiger partial charge >= 0.3 is 6.03 Å². The van der Waals surface area contributed by atoms with Crippen molar-refractivity contribution in [2.75, 3.05) is 19.0 Å². The number of pyridine rings is 1. The fourth-order valence-corrected chi connectivity index (χ4v) is 2.48. The Labute approximate surface area is 120 Å². The van der Waals surface area contributed by atoms with Crippen LogP contribution in [0, 0.1) is 0 Å². The quantitative estimate of drug-likeness (QED) is 0.887. The van der Waals surface area contributed by atoms with Crippen molar-refractivity contribution in [2.24, 2.45) is 0 Å². The molecule has 0 spiro atoms. The summed E-state index contributed by atoms with van der Waals surface area (Å²) >= 11 is 0. The first kappa shape index (κ1) is 14.6. The molecule has 2 rings (SSSR count). The molecule has 20 heavy (non-hydrogen) atoms. The number of rotatable bonds is 4. The first-order valence-electron chi connectivity index (χ1n) is 7.32. The molecule has 2 N–H and O–H groups in total. The summed E-state index contributed by atoms with van der Waals surface area (Å²) in [6.07, 6.45) is 7.72. The summed E-state index contributed by atoms with van der Waals surface area (Å²) in [5, 5.41) is 5.97. The van der Waals surface area contributed by atoms with E-state index in [9.17, 15) is 4.79 Å². The molecule has 0 bridgehead atoms. The minimum atomic E-state index is -0.0693. The highest BCUT2D eigenvalue weighted by Gasteiger charge is 2.15. The number of carbonyl (C=O) groups excluding carboxylic acids is 1. The van der Waals surface area contributed by atoms with E-state index in [0.717, 1.165) is 24.2 Å². The molecule has 0 atom stereocenters. The van der Waals surface area contributed by atoms with Gasteiger partial charge in [0.05, 0.1) is 0 Å². The van der Waals surface area contributed by atoms with Gasteiger partial charge in [-0.2, -0.15) is 0 Å². The van der Waals surface area contributed by atoms with Crippen LogP contribution >= 0.6 is 0 Å². The third kappa shape index (κ3) is 4.40. The lowest BCUT2D eigenvalue weighted by Gasteiger charge is -2.22. The van der Waals surface area contributed by atoms with Crippen LogP contribution in [0.5, 0.6) is 0 Å². The Hall–Kier alpha value is -1.78. The molecule has 0 aliphatic heterocycles. The Balaban J connectivity index is 1.79. The van der Waals surface area contributed by atoms with E-state index >= 15 is 0 Å². The number of hydrogen-bond donors (Lipinski definition) is 2. The predicted octanol–water partition coefficient (Wildman–Crippen LogP) is 2.28. The molecule has 1 aliphatic rings. The van der Waals surface area contributed by atoms with Crippen LogP contribution in [0.2, 0.25) is 0 Å². The highest BCUT2D eigenvalue weighted by atomic mass is 16.2. The zero-order chi connectivity index (χ0) is 14.4. The standard InChI is InChI=1S/C15H24N4O/c1-19(2)14-10-12(8-9-16-14)11-17-15(20)18-13-6-4-3-5-7-13/h8-10,13H,3-7,11H2,1-2H3,(H2,17,18,20). The van der Waals surface area contributed by atoms with Gasteiger partial charge < -0.3 is 15.5 Å². The van der Waals surface area contributed by atoms with Gasteiger partial charge in [0.15, 0.2) is 0 Å². The van der Waals surface area contributed by atoms with Crippen LogP contribution in [-0.2, 0) is 6.54 Å². The lowest BCUT2D eigenvalue weighted by atomic mass is 9.96. The molecular formula is C15H24N4O. The Morgan fingerprint density at radius 1 is 1.35 bits per heavy atom. The maximum absolute atomic E-state index is 11.9. The fraction of sp³-hybridized carbons (Fsp3) is 0.600. The van der Waals surface area contributed by atoms with E-state index in [-0.39, 0.29) is 6.03 Å². The zero-order valence-corrected chi connectivity index (χ0v) is 12.4. The average Bonchev–Trinajstić information content (AvgIpc) is 2.46. The second kappa shape index (κ2) is 7.12. The predicted molar refractivity (Wildman–Crippen MR) is 80.8 cm³/mol. The van der Waals surface area contributed by atoms with Gasteiger partial charge in [0.1, 0.15) is 5.82 Å². The molecule has 0 aromatic carbocycles. The van der Waals surface area contributed by atoms with Crippen LogP contribution in [-0.4, -0.2) is 31.2 Å². The van der Waals surface area contributed by atoms with Gasteiger partial charge in [0, 0.05) is 32.9 Å². The van der Waals surface area contributed by atoms with E-state index in [0.29, 0.717) is 12.6 Å². The fourth-order valence-electron chi connectivity index (χ4n) is 2.48. The largest absolute Gasteiger partial charge is 0.363 e. The molecule has 1 fully saturated rings. The number of amides is 2. The summed E-state index contributed by atoms with van der Waals surface area (Å²) in [6, 6.07) is 4.19. The van der Waals surface area contributed by atoms with Gasteiger partial charge in [-0.1, -0.05) is 19.3 Å². The molecule has 1 saturated carbocycles. The normalized spacial score (nSPS) is 15.7. The van der Waals surface area contributed by atoms with Crippen molar-refractivity contribution in [3.63, 3.8) is 0 Å². The van der Waals surface area contributed by atoms with Gasteiger partial charge in [0.2, 0.25) is 0 Å². The number of aromatic nitrogens is 1. The lowest BCUT2D eigenvalue weighted by Crippen LogP contribution is -2.42. The van der Waals surface area contributed by atoms with E-state index in [1.54, 1.807) is 6.20 Å². The highest BCUT2D eigenvalue weighted by molar-refractivity contribution is 5.74. The van der Waals surface area contributed by atoms with Gasteiger partial charge in [-0.05, 0) is 30.5 Å². The van der Waals surface area contributed by atoms with Crippen molar-refractivity contribution >= 4 is 11.8 Å². The summed E-state index contributed by atoms with van der Waals surface area (Å²) in [5.41, 5.74) is 1.06. The number of urea groups is 1. The molecule has 5 nitrogen and oxygen atoms in total. The van der Waals surface area contributed by atoms with Crippen LogP contribution in [0.3, 0.4) is 0 Å². The summed E-state index contributed by atoms with van der Waals surface area (Å²) in [7, 11) is 3.91. The molecule has 0 unspecified atom stereocenters. The minimum Gasteiger partial charge on any atom is -0.363 e. The van der Waals surface area contributed by atoms with Crippen molar-refractivity contribution in [3.8, 4) is 0 Å². The first-order valence-corrected chi connectivity index (χ1v) is 7.32. The molecule has 0 radical (unpaired) electrons. The van der Waals surface area contributed by atoms with Crippen LogP contribution in [0.1, 0.15) is 37.7 Å². The summed E-state index contributed by atoms with van der Waals surface area (Å²) in [5.74, 6) is 0.900. The second-order valence-electron chi connectivity index (χ2n) is 5.58. The van der Waals surface area contributed by atoms with Crippen molar-refractivity contribution in [3.05, 3.63) is 23.9 Å². The van der Waals surface area contributed by atoms with Crippen molar-refractivity contribution in [1.82, 2.24) is 15.6 Å². The summed E-state index contributed by atoms with van der Waals surface area (Å²) < 4.78 is 0. The first-order chi connectivity index (χ1) is 9.65. The third-order valence-corrected chi connectivity index (χ3v) is 3.66. The smallest absolute Gasteiger partial charge is 0.315 e. The summed E-state index contributed by atoms with van der Waals surface area (Å²) in [6.45, 7) is 0.530. The molecule has 110 valence electrons. The Morgan fingerprint density at radius 3 is 2.80 bits per heavy atom. The number of anilines is 1. The number of nitrogens with one attached hydrogen (secondary N) is 2. The van der Waals surface area contributed by atoms with Gasteiger partial charge in [-0.15, -0.1) is 0 Å². The average molecular weight is 276 g/mol. The van der Waals surface area contributed by atoms with E-state index in [2.05, 4.69) is 15.6 Å². The summed E-state index contributed by atoms with van der Waals surface area (Å²) in [4.78, 5) is 18.1.